The molecule has 1 amide bonds. The maximum Gasteiger partial charge on any atom is 0.274 e. The van der Waals surface area contributed by atoms with E-state index >= 15 is 0 Å². The summed E-state index contributed by atoms with van der Waals surface area (Å²) in [6, 6.07) is 8.94. The van der Waals surface area contributed by atoms with Crippen LogP contribution < -0.4 is 4.74 Å². The predicted octanol–water partition coefficient (Wildman–Crippen LogP) is 5.01. The Morgan fingerprint density at radius 3 is 2.76 bits per heavy atom. The van der Waals surface area contributed by atoms with E-state index in [2.05, 4.69) is 15.0 Å². The number of amides is 1. The normalized spacial score (nSPS) is 13.3. The Balaban J connectivity index is 1.45. The molecule has 1 N–H and O–H groups in total. The molecule has 0 spiro atoms. The number of halogens is 2. The van der Waals surface area contributed by atoms with Gasteiger partial charge in [0.2, 0.25) is 0 Å². The third-order valence-corrected chi connectivity index (χ3v) is 6.17. The van der Waals surface area contributed by atoms with Gasteiger partial charge in [-0.1, -0.05) is 0 Å². The molecule has 6 nitrogen and oxygen atoms in total. The van der Waals surface area contributed by atoms with Gasteiger partial charge in [-0.25, -0.2) is 13.8 Å². The van der Waals surface area contributed by atoms with Crippen molar-refractivity contribution < 1.29 is 18.3 Å². The Morgan fingerprint density at radius 1 is 1.15 bits per heavy atom. The molecule has 4 aromatic rings. The number of H-pyrrole nitrogens is 1. The van der Waals surface area contributed by atoms with Gasteiger partial charge in [-0.3, -0.25) is 9.78 Å². The predicted molar refractivity (Wildman–Crippen MR) is 125 cm³/mol. The fraction of sp³-hybridized carbons (Fsp3) is 0.269. The third-order valence-electron chi connectivity index (χ3n) is 6.17. The first-order valence-corrected chi connectivity index (χ1v) is 11.2. The fourth-order valence-electron chi connectivity index (χ4n) is 4.15. The van der Waals surface area contributed by atoms with Gasteiger partial charge < -0.3 is 14.6 Å². The van der Waals surface area contributed by atoms with E-state index in [0.29, 0.717) is 31.2 Å². The number of hydrogen-bond acceptors (Lipinski definition) is 4. The summed E-state index contributed by atoms with van der Waals surface area (Å²) in [5.74, 6) is -0.211. The molecule has 1 saturated carbocycles. The first kappa shape index (κ1) is 22.0. The fourth-order valence-corrected chi connectivity index (χ4v) is 4.15. The van der Waals surface area contributed by atoms with Crippen LogP contribution in [-0.2, 0) is 6.42 Å². The van der Waals surface area contributed by atoms with E-state index in [9.17, 15) is 13.6 Å². The van der Waals surface area contributed by atoms with E-state index in [4.69, 9.17) is 4.74 Å². The summed E-state index contributed by atoms with van der Waals surface area (Å²) in [5.41, 5.74) is 2.22. The van der Waals surface area contributed by atoms with Crippen molar-refractivity contribution in [3.8, 4) is 17.0 Å². The minimum Gasteiger partial charge on any atom is -0.497 e. The number of nitrogens with zero attached hydrogens (tertiary/aromatic N) is 3. The minimum absolute atomic E-state index is 0.0975. The number of carbonyl (C=O) groups is 1. The number of ether oxygens (including phenoxy) is 1. The Morgan fingerprint density at radius 2 is 1.97 bits per heavy atom. The van der Waals surface area contributed by atoms with E-state index in [0.717, 1.165) is 29.3 Å². The average Bonchev–Trinajstić information content (AvgIpc) is 3.59. The van der Waals surface area contributed by atoms with Crippen LogP contribution in [0, 0.1) is 17.6 Å². The van der Waals surface area contributed by atoms with Gasteiger partial charge in [0.25, 0.3) is 5.91 Å². The molecule has 174 valence electrons. The molecule has 2 heterocycles. The van der Waals surface area contributed by atoms with Crippen LogP contribution in [0.25, 0.3) is 22.2 Å². The smallest absolute Gasteiger partial charge is 0.274 e. The molecular weight excluding hydrogens is 438 g/mol. The molecule has 0 saturated heterocycles. The highest BCUT2D eigenvalue weighted by Gasteiger charge is 2.30. The van der Waals surface area contributed by atoms with Crippen LogP contribution in [0.4, 0.5) is 8.78 Å². The summed E-state index contributed by atoms with van der Waals surface area (Å²) in [4.78, 5) is 27.1. The number of aromatic nitrogens is 3. The van der Waals surface area contributed by atoms with Gasteiger partial charge in [-0.05, 0) is 67.1 Å². The number of nitrogens with one attached hydrogen (secondary N) is 1. The summed E-state index contributed by atoms with van der Waals surface area (Å²) in [6.45, 7) is 1.02. The van der Waals surface area contributed by atoms with Crippen LogP contribution in [0.3, 0.4) is 0 Å². The van der Waals surface area contributed by atoms with Crippen LogP contribution in [0.5, 0.6) is 5.75 Å². The zero-order valence-corrected chi connectivity index (χ0v) is 18.7. The SMILES string of the molecule is COc1ccc(F)c(-c2nccnc2C(=O)N(CCc2c[nH]c3ccc(F)cc23)CC2CC2)c1. The van der Waals surface area contributed by atoms with Crippen molar-refractivity contribution in [1.29, 1.82) is 0 Å². The first-order chi connectivity index (χ1) is 16.5. The van der Waals surface area contributed by atoms with Gasteiger partial charge >= 0.3 is 0 Å². The zero-order valence-electron chi connectivity index (χ0n) is 18.7. The minimum atomic E-state index is -0.509. The Hall–Kier alpha value is -3.81. The van der Waals surface area contributed by atoms with Crippen LogP contribution >= 0.6 is 0 Å². The molecule has 2 aromatic carbocycles. The van der Waals surface area contributed by atoms with Crippen LogP contribution in [0.2, 0.25) is 0 Å². The van der Waals surface area contributed by atoms with Crippen LogP contribution in [0.15, 0.2) is 55.0 Å². The second-order valence-electron chi connectivity index (χ2n) is 8.55. The number of benzene rings is 2. The van der Waals surface area contributed by atoms with E-state index < -0.39 is 5.82 Å². The van der Waals surface area contributed by atoms with E-state index in [1.165, 1.54) is 49.8 Å². The Labute approximate surface area is 195 Å². The quantitative estimate of drug-likeness (QED) is 0.400. The van der Waals surface area contributed by atoms with Gasteiger partial charge in [0.1, 0.15) is 23.1 Å². The monoisotopic (exact) mass is 462 g/mol. The van der Waals surface area contributed by atoms with Crippen molar-refractivity contribution in [1.82, 2.24) is 19.9 Å². The summed E-state index contributed by atoms with van der Waals surface area (Å²) in [7, 11) is 1.49. The number of fused-ring (bicyclic) bond motifs is 1. The second-order valence-corrected chi connectivity index (χ2v) is 8.55. The van der Waals surface area contributed by atoms with Crippen molar-refractivity contribution in [3.05, 3.63) is 77.9 Å². The number of hydrogen-bond donors (Lipinski definition) is 1. The molecule has 0 radical (unpaired) electrons. The summed E-state index contributed by atoms with van der Waals surface area (Å²) >= 11 is 0. The van der Waals surface area contributed by atoms with Crippen molar-refractivity contribution in [2.75, 3.05) is 20.2 Å². The summed E-state index contributed by atoms with van der Waals surface area (Å²) in [6.07, 6.45) is 7.41. The van der Waals surface area contributed by atoms with Crippen molar-refractivity contribution >= 4 is 16.8 Å². The molecule has 5 rings (SSSR count). The number of methoxy groups -OCH3 is 1. The summed E-state index contributed by atoms with van der Waals surface area (Å²) in [5, 5.41) is 0.803. The second kappa shape index (κ2) is 9.21. The molecule has 0 bridgehead atoms. The van der Waals surface area contributed by atoms with Gasteiger partial charge in [-0.2, -0.15) is 0 Å². The van der Waals surface area contributed by atoms with Gasteiger partial charge in [-0.15, -0.1) is 0 Å². The highest BCUT2D eigenvalue weighted by atomic mass is 19.1. The molecular formula is C26H24F2N4O2. The molecule has 1 aliphatic carbocycles. The maximum atomic E-state index is 14.7. The van der Waals surface area contributed by atoms with Crippen molar-refractivity contribution in [3.63, 3.8) is 0 Å². The average molecular weight is 463 g/mol. The maximum absolute atomic E-state index is 14.7. The lowest BCUT2D eigenvalue weighted by Crippen LogP contribution is -2.35. The lowest BCUT2D eigenvalue weighted by molar-refractivity contribution is 0.0744. The molecule has 8 heteroatoms. The molecule has 1 fully saturated rings. The number of aromatic amines is 1. The lowest BCUT2D eigenvalue weighted by Gasteiger charge is -2.23. The zero-order chi connectivity index (χ0) is 23.7. The third kappa shape index (κ3) is 4.48. The first-order valence-electron chi connectivity index (χ1n) is 11.2. The van der Waals surface area contributed by atoms with Gasteiger partial charge in [0, 0.05) is 48.1 Å². The van der Waals surface area contributed by atoms with E-state index in [-0.39, 0.29) is 28.7 Å². The topological polar surface area (TPSA) is 71.1 Å². The van der Waals surface area contributed by atoms with Gasteiger partial charge in [0.05, 0.1) is 7.11 Å². The molecule has 0 atom stereocenters. The highest BCUT2D eigenvalue weighted by molar-refractivity contribution is 5.98. The highest BCUT2D eigenvalue weighted by Crippen LogP contribution is 2.32. The molecule has 34 heavy (non-hydrogen) atoms. The van der Waals surface area contributed by atoms with Crippen LogP contribution in [0.1, 0.15) is 28.9 Å². The van der Waals surface area contributed by atoms with Crippen molar-refractivity contribution in [2.24, 2.45) is 5.92 Å². The summed E-state index contributed by atoms with van der Waals surface area (Å²) < 4.78 is 33.7. The lowest BCUT2D eigenvalue weighted by atomic mass is 10.1. The van der Waals surface area contributed by atoms with E-state index in [1.807, 2.05) is 6.20 Å². The molecule has 1 aliphatic rings. The van der Waals surface area contributed by atoms with Crippen LogP contribution in [-0.4, -0.2) is 46.0 Å². The standard InChI is InChI=1S/C26H24F2N4O2/c1-34-19-5-6-22(28)21(13-19)24-25(30-10-9-29-24)26(33)32(15-16-2-3-16)11-8-17-14-31-23-7-4-18(27)12-20(17)23/h4-7,9-10,12-14,16,31H,2-3,8,11,15H2,1H3. The van der Waals surface area contributed by atoms with E-state index in [1.54, 1.807) is 11.0 Å². The van der Waals surface area contributed by atoms with Gasteiger partial charge in [0.15, 0.2) is 5.69 Å². The Bertz CT molecular complexity index is 1350. The molecule has 0 unspecified atom stereocenters. The Kier molecular flexibility index (Phi) is 5.96. The molecule has 0 aliphatic heterocycles. The molecule has 2 aromatic heterocycles. The number of rotatable bonds is 8. The number of carbonyl (C=O) groups excluding carboxylic acids is 1. The largest absolute Gasteiger partial charge is 0.497 e. The van der Waals surface area contributed by atoms with Crippen molar-refractivity contribution in [2.45, 2.75) is 19.3 Å².